The Morgan fingerprint density at radius 1 is 1.36 bits per heavy atom. The number of rotatable bonds is 6. The molecule has 0 aliphatic carbocycles. The fraction of sp³-hybridized carbons (Fsp3) is 0.471. The molecule has 1 saturated heterocycles. The van der Waals surface area contributed by atoms with Gasteiger partial charge in [0.25, 0.3) is 0 Å². The maximum absolute atomic E-state index is 12.8. The van der Waals surface area contributed by atoms with Crippen LogP contribution in [0.4, 0.5) is 4.39 Å². The van der Waals surface area contributed by atoms with E-state index >= 15 is 0 Å². The lowest BCUT2D eigenvalue weighted by molar-refractivity contribution is -0.125. The molecule has 0 spiro atoms. The highest BCUT2D eigenvalue weighted by Crippen LogP contribution is 2.19. The topological polar surface area (TPSA) is 80.5 Å². The van der Waals surface area contributed by atoms with E-state index in [0.29, 0.717) is 24.0 Å². The van der Waals surface area contributed by atoms with Crippen LogP contribution in [0.3, 0.4) is 0 Å². The Balaban J connectivity index is 1.46. The van der Waals surface area contributed by atoms with E-state index in [-0.39, 0.29) is 24.2 Å². The quantitative estimate of drug-likeness (QED) is 0.857. The zero-order valence-electron chi connectivity index (χ0n) is 14.1. The van der Waals surface area contributed by atoms with Crippen LogP contribution in [0, 0.1) is 11.7 Å². The zero-order valence-corrected chi connectivity index (χ0v) is 14.1. The molecule has 0 radical (unpaired) electrons. The van der Waals surface area contributed by atoms with E-state index in [1.807, 2.05) is 0 Å². The van der Waals surface area contributed by atoms with Gasteiger partial charge in [-0.3, -0.25) is 9.69 Å². The number of halogens is 1. The first-order valence-electron chi connectivity index (χ1n) is 8.28. The number of hydrogen-bond acceptors (Lipinski definition) is 6. The normalized spacial score (nSPS) is 15.9. The van der Waals surface area contributed by atoms with Crippen molar-refractivity contribution in [2.24, 2.45) is 5.92 Å². The standard InChI is InChI=1S/C17H21FN4O3/c1-19-17(23)12-6-8-22(9-7-12)10-16-20-15(21-25-16)11-24-14-4-2-13(18)3-5-14/h2-5,12H,6-11H2,1H3,(H,19,23). The van der Waals surface area contributed by atoms with Crippen molar-refractivity contribution in [3.8, 4) is 5.75 Å². The van der Waals surface area contributed by atoms with E-state index in [1.165, 1.54) is 12.1 Å². The number of hydrogen-bond donors (Lipinski definition) is 1. The second kappa shape index (κ2) is 8.06. The summed E-state index contributed by atoms with van der Waals surface area (Å²) in [6, 6.07) is 5.76. The van der Waals surface area contributed by atoms with Gasteiger partial charge >= 0.3 is 0 Å². The number of carbonyl (C=O) groups is 1. The van der Waals surface area contributed by atoms with Crippen LogP contribution in [0.2, 0.25) is 0 Å². The van der Waals surface area contributed by atoms with Crippen molar-refractivity contribution in [3.63, 3.8) is 0 Å². The molecule has 134 valence electrons. The number of carbonyl (C=O) groups excluding carboxylic acids is 1. The fourth-order valence-corrected chi connectivity index (χ4v) is 2.84. The maximum Gasteiger partial charge on any atom is 0.240 e. The second-order valence-corrected chi connectivity index (χ2v) is 6.01. The number of benzene rings is 1. The lowest BCUT2D eigenvalue weighted by atomic mass is 9.96. The van der Waals surface area contributed by atoms with Gasteiger partial charge in [-0.05, 0) is 50.2 Å². The van der Waals surface area contributed by atoms with Crippen molar-refractivity contribution in [1.82, 2.24) is 20.4 Å². The molecule has 1 aliphatic heterocycles. The van der Waals surface area contributed by atoms with Gasteiger partial charge in [-0.1, -0.05) is 5.16 Å². The number of aromatic nitrogens is 2. The van der Waals surface area contributed by atoms with Gasteiger partial charge in [0.2, 0.25) is 17.6 Å². The second-order valence-electron chi connectivity index (χ2n) is 6.01. The molecular formula is C17H21FN4O3. The first-order chi connectivity index (χ1) is 12.1. The Labute approximate surface area is 145 Å². The van der Waals surface area contributed by atoms with Gasteiger partial charge in [-0.2, -0.15) is 4.98 Å². The zero-order chi connectivity index (χ0) is 17.6. The van der Waals surface area contributed by atoms with Crippen LogP contribution < -0.4 is 10.1 Å². The molecule has 2 heterocycles. The van der Waals surface area contributed by atoms with Crippen LogP contribution >= 0.6 is 0 Å². The number of ether oxygens (including phenoxy) is 1. The van der Waals surface area contributed by atoms with Crippen LogP contribution in [-0.4, -0.2) is 41.1 Å². The van der Waals surface area contributed by atoms with Crippen LogP contribution in [0.25, 0.3) is 0 Å². The highest BCUT2D eigenvalue weighted by Gasteiger charge is 2.25. The van der Waals surface area contributed by atoms with Gasteiger partial charge in [0.1, 0.15) is 11.6 Å². The summed E-state index contributed by atoms with van der Waals surface area (Å²) >= 11 is 0. The molecule has 1 amide bonds. The average Bonchev–Trinajstić information content (AvgIpc) is 3.08. The Morgan fingerprint density at radius 2 is 2.08 bits per heavy atom. The van der Waals surface area contributed by atoms with Crippen molar-refractivity contribution < 1.29 is 18.4 Å². The predicted molar refractivity (Wildman–Crippen MR) is 87.1 cm³/mol. The Morgan fingerprint density at radius 3 is 2.76 bits per heavy atom. The molecule has 1 N–H and O–H groups in total. The first-order valence-corrected chi connectivity index (χ1v) is 8.28. The van der Waals surface area contributed by atoms with E-state index in [1.54, 1.807) is 19.2 Å². The van der Waals surface area contributed by atoms with E-state index in [2.05, 4.69) is 20.4 Å². The highest BCUT2D eigenvalue weighted by atomic mass is 19.1. The molecule has 7 nitrogen and oxygen atoms in total. The summed E-state index contributed by atoms with van der Waals surface area (Å²) in [4.78, 5) is 18.1. The third-order valence-corrected chi connectivity index (χ3v) is 4.26. The van der Waals surface area contributed by atoms with Crippen LogP contribution in [0.5, 0.6) is 5.75 Å². The summed E-state index contributed by atoms with van der Waals surface area (Å²) in [7, 11) is 1.67. The SMILES string of the molecule is CNC(=O)C1CCN(Cc2nc(COc3ccc(F)cc3)no2)CC1. The first kappa shape index (κ1) is 17.3. The predicted octanol–water partition coefficient (Wildman–Crippen LogP) is 1.75. The minimum Gasteiger partial charge on any atom is -0.485 e. The minimum atomic E-state index is -0.311. The van der Waals surface area contributed by atoms with Gasteiger partial charge in [-0.15, -0.1) is 0 Å². The van der Waals surface area contributed by atoms with Gasteiger partial charge in [-0.25, -0.2) is 4.39 Å². The van der Waals surface area contributed by atoms with Gasteiger partial charge in [0.05, 0.1) is 6.54 Å². The fourth-order valence-electron chi connectivity index (χ4n) is 2.84. The molecular weight excluding hydrogens is 327 g/mol. The molecule has 0 atom stereocenters. The van der Waals surface area contributed by atoms with E-state index < -0.39 is 0 Å². The minimum absolute atomic E-state index is 0.0867. The molecule has 1 aromatic heterocycles. The van der Waals surface area contributed by atoms with Gasteiger partial charge < -0.3 is 14.6 Å². The maximum atomic E-state index is 12.8. The third-order valence-electron chi connectivity index (χ3n) is 4.26. The highest BCUT2D eigenvalue weighted by molar-refractivity contribution is 5.78. The number of amides is 1. The lowest BCUT2D eigenvalue weighted by Crippen LogP contribution is -2.39. The van der Waals surface area contributed by atoms with Crippen molar-refractivity contribution in [2.75, 3.05) is 20.1 Å². The van der Waals surface area contributed by atoms with Crippen molar-refractivity contribution in [1.29, 1.82) is 0 Å². The Hall–Kier alpha value is -2.48. The molecule has 0 bridgehead atoms. The van der Waals surface area contributed by atoms with Crippen molar-refractivity contribution >= 4 is 5.91 Å². The summed E-state index contributed by atoms with van der Waals surface area (Å²) in [5, 5.41) is 6.59. The molecule has 2 aromatic rings. The molecule has 3 rings (SSSR count). The van der Waals surface area contributed by atoms with Gasteiger partial charge in [0, 0.05) is 13.0 Å². The van der Waals surface area contributed by atoms with E-state index in [9.17, 15) is 9.18 Å². The van der Waals surface area contributed by atoms with Crippen molar-refractivity contribution in [3.05, 3.63) is 41.8 Å². The molecule has 8 heteroatoms. The molecule has 1 fully saturated rings. The van der Waals surface area contributed by atoms with Gasteiger partial charge in [0.15, 0.2) is 6.61 Å². The third kappa shape index (κ3) is 4.76. The van der Waals surface area contributed by atoms with Crippen LogP contribution in [0.15, 0.2) is 28.8 Å². The molecule has 0 unspecified atom stereocenters. The summed E-state index contributed by atoms with van der Waals surface area (Å²) in [5.74, 6) is 1.40. The largest absolute Gasteiger partial charge is 0.485 e. The van der Waals surface area contributed by atoms with E-state index in [0.717, 1.165) is 25.9 Å². The van der Waals surface area contributed by atoms with Crippen LogP contribution in [0.1, 0.15) is 24.6 Å². The number of likely N-dealkylation sites (tertiary alicyclic amines) is 1. The van der Waals surface area contributed by atoms with Crippen molar-refractivity contribution in [2.45, 2.75) is 26.0 Å². The summed E-state index contributed by atoms with van der Waals surface area (Å²) in [5.41, 5.74) is 0. The monoisotopic (exact) mass is 348 g/mol. The lowest BCUT2D eigenvalue weighted by Gasteiger charge is -2.29. The number of nitrogens with zero attached hydrogens (tertiary/aromatic N) is 3. The number of nitrogens with one attached hydrogen (secondary N) is 1. The average molecular weight is 348 g/mol. The molecule has 1 aliphatic rings. The Bertz CT molecular complexity index is 696. The van der Waals surface area contributed by atoms with Crippen LogP contribution in [-0.2, 0) is 17.9 Å². The summed E-state index contributed by atoms with van der Waals surface area (Å²) in [6.45, 7) is 2.36. The van der Waals surface area contributed by atoms with E-state index in [4.69, 9.17) is 9.26 Å². The summed E-state index contributed by atoms with van der Waals surface area (Å²) in [6.07, 6.45) is 1.66. The molecule has 0 saturated carbocycles. The summed E-state index contributed by atoms with van der Waals surface area (Å²) < 4.78 is 23.6. The Kier molecular flexibility index (Phi) is 5.60. The number of piperidine rings is 1. The molecule has 25 heavy (non-hydrogen) atoms. The molecule has 1 aromatic carbocycles. The smallest absolute Gasteiger partial charge is 0.240 e.